The lowest BCUT2D eigenvalue weighted by Gasteiger charge is -2.10. The number of primary sulfonamides is 1. The molecule has 0 radical (unpaired) electrons. The van der Waals surface area contributed by atoms with Crippen molar-refractivity contribution in [2.75, 3.05) is 23.0 Å². The quantitative estimate of drug-likeness (QED) is 0.269. The van der Waals surface area contributed by atoms with Crippen LogP contribution in [-0.4, -0.2) is 41.8 Å². The van der Waals surface area contributed by atoms with Gasteiger partial charge in [0.25, 0.3) is 0 Å². The van der Waals surface area contributed by atoms with Crippen molar-refractivity contribution in [2.24, 2.45) is 11.0 Å². The fraction of sp³-hybridized carbons (Fsp3) is 0.667. The van der Waals surface area contributed by atoms with E-state index in [1.54, 1.807) is 0 Å². The molecule has 0 saturated carbocycles. The zero-order valence-corrected chi connectivity index (χ0v) is 12.1. The summed E-state index contributed by atoms with van der Waals surface area (Å²) in [6, 6.07) is 0.122. The first kappa shape index (κ1) is 16.3. The molecule has 1 heterocycles. The second kappa shape index (κ2) is 7.17. The average Bonchev–Trinajstić information content (AvgIpc) is 2.32. The predicted molar refractivity (Wildman–Crippen MR) is 74.5 cm³/mol. The summed E-state index contributed by atoms with van der Waals surface area (Å²) in [5.74, 6) is 5.50. The number of nitrogens with two attached hydrogens (primary N) is 2. The van der Waals surface area contributed by atoms with Gasteiger partial charge in [0.15, 0.2) is 0 Å². The Morgan fingerprint density at radius 1 is 1.25 bits per heavy atom. The molecule has 1 rings (SSSR count). The van der Waals surface area contributed by atoms with Crippen LogP contribution in [0.4, 0.5) is 11.9 Å². The minimum atomic E-state index is -3.47. The summed E-state index contributed by atoms with van der Waals surface area (Å²) in [6.45, 7) is 4.00. The fourth-order valence-electron chi connectivity index (χ4n) is 1.24. The number of aromatic nitrogens is 3. The first-order chi connectivity index (χ1) is 9.30. The highest BCUT2D eigenvalue weighted by Crippen LogP contribution is 2.11. The molecular weight excluding hydrogens is 286 g/mol. The number of nitrogen functional groups attached to an aromatic ring is 1. The highest BCUT2D eigenvalue weighted by atomic mass is 32.2. The SMILES string of the molecule is CC(C)Oc1nc(NN)nc(NCCCS(N)(=O)=O)n1. The Kier molecular flexibility index (Phi) is 5.85. The summed E-state index contributed by atoms with van der Waals surface area (Å²) < 4.78 is 26.9. The number of sulfonamides is 1. The molecule has 20 heavy (non-hydrogen) atoms. The maximum Gasteiger partial charge on any atom is 0.323 e. The van der Waals surface area contributed by atoms with Gasteiger partial charge < -0.3 is 10.1 Å². The topological polar surface area (TPSA) is 158 Å². The molecule has 1 aromatic heterocycles. The maximum absolute atomic E-state index is 10.8. The van der Waals surface area contributed by atoms with Gasteiger partial charge in [-0.3, -0.25) is 5.43 Å². The fourth-order valence-corrected chi connectivity index (χ4v) is 1.78. The Balaban J connectivity index is 2.64. The van der Waals surface area contributed by atoms with Crippen LogP contribution in [0.5, 0.6) is 6.01 Å². The smallest absolute Gasteiger partial charge is 0.323 e. The molecule has 0 aromatic carbocycles. The average molecular weight is 305 g/mol. The first-order valence-corrected chi connectivity index (χ1v) is 7.65. The van der Waals surface area contributed by atoms with Gasteiger partial charge in [0.2, 0.25) is 21.9 Å². The lowest BCUT2D eigenvalue weighted by molar-refractivity contribution is 0.222. The minimum absolute atomic E-state index is 0.0988. The van der Waals surface area contributed by atoms with Crippen LogP contribution in [0.25, 0.3) is 0 Å². The van der Waals surface area contributed by atoms with Crippen molar-refractivity contribution < 1.29 is 13.2 Å². The second-order valence-corrected chi connectivity index (χ2v) is 5.96. The number of nitrogens with zero attached hydrogens (tertiary/aromatic N) is 3. The van der Waals surface area contributed by atoms with E-state index in [0.29, 0.717) is 13.0 Å². The van der Waals surface area contributed by atoms with Gasteiger partial charge in [-0.15, -0.1) is 0 Å². The Morgan fingerprint density at radius 2 is 1.90 bits per heavy atom. The molecule has 11 heteroatoms. The first-order valence-electron chi connectivity index (χ1n) is 5.94. The van der Waals surface area contributed by atoms with Gasteiger partial charge >= 0.3 is 6.01 Å². The molecule has 0 amide bonds. The van der Waals surface area contributed by atoms with Crippen LogP contribution in [0.1, 0.15) is 20.3 Å². The van der Waals surface area contributed by atoms with E-state index in [9.17, 15) is 8.42 Å². The number of ether oxygens (including phenoxy) is 1. The number of hydrogen-bond acceptors (Lipinski definition) is 9. The molecule has 0 atom stereocenters. The highest BCUT2D eigenvalue weighted by Gasteiger charge is 2.08. The summed E-state index contributed by atoms with van der Waals surface area (Å²) in [6.07, 6.45) is 0.231. The Labute approximate surface area is 117 Å². The molecule has 10 nitrogen and oxygen atoms in total. The van der Waals surface area contributed by atoms with Crippen LogP contribution in [0.2, 0.25) is 0 Å². The maximum atomic E-state index is 10.8. The zero-order valence-electron chi connectivity index (χ0n) is 11.3. The van der Waals surface area contributed by atoms with Crippen molar-refractivity contribution >= 4 is 21.9 Å². The van der Waals surface area contributed by atoms with E-state index in [4.69, 9.17) is 15.7 Å². The number of hydrogen-bond donors (Lipinski definition) is 4. The van der Waals surface area contributed by atoms with Crippen LogP contribution in [0.3, 0.4) is 0 Å². The third-order valence-electron chi connectivity index (χ3n) is 1.97. The van der Waals surface area contributed by atoms with Crippen LogP contribution >= 0.6 is 0 Å². The third kappa shape index (κ3) is 6.45. The largest absolute Gasteiger partial charge is 0.461 e. The van der Waals surface area contributed by atoms with Crippen molar-refractivity contribution in [1.82, 2.24) is 15.0 Å². The molecule has 0 aliphatic rings. The van der Waals surface area contributed by atoms with Crippen LogP contribution in [0.15, 0.2) is 0 Å². The Morgan fingerprint density at radius 3 is 2.45 bits per heavy atom. The monoisotopic (exact) mass is 305 g/mol. The second-order valence-electron chi connectivity index (χ2n) is 4.22. The van der Waals surface area contributed by atoms with E-state index in [-0.39, 0.29) is 29.8 Å². The minimum Gasteiger partial charge on any atom is -0.461 e. The van der Waals surface area contributed by atoms with Gasteiger partial charge in [0, 0.05) is 6.54 Å². The molecular formula is C9H19N7O3S. The Hall–Kier alpha value is -1.72. The summed E-state index contributed by atoms with van der Waals surface area (Å²) in [5.41, 5.74) is 2.30. The number of nitrogens with one attached hydrogen (secondary N) is 2. The predicted octanol–water partition coefficient (Wildman–Crippen LogP) is -0.965. The van der Waals surface area contributed by atoms with Crippen LogP contribution < -0.4 is 26.5 Å². The van der Waals surface area contributed by atoms with Gasteiger partial charge in [0.1, 0.15) is 0 Å². The Bertz CT molecular complexity index is 534. The van der Waals surface area contributed by atoms with E-state index >= 15 is 0 Å². The van der Waals surface area contributed by atoms with Crippen LogP contribution in [0, 0.1) is 0 Å². The van der Waals surface area contributed by atoms with Crippen molar-refractivity contribution in [3.8, 4) is 6.01 Å². The molecule has 0 bridgehead atoms. The van der Waals surface area contributed by atoms with Gasteiger partial charge in [-0.1, -0.05) is 0 Å². The molecule has 0 aliphatic carbocycles. The lowest BCUT2D eigenvalue weighted by Crippen LogP contribution is -2.20. The van der Waals surface area contributed by atoms with Crippen molar-refractivity contribution in [1.29, 1.82) is 0 Å². The molecule has 0 spiro atoms. The van der Waals surface area contributed by atoms with E-state index < -0.39 is 10.0 Å². The molecule has 1 aromatic rings. The number of anilines is 2. The summed E-state index contributed by atoms with van der Waals surface area (Å²) >= 11 is 0. The van der Waals surface area contributed by atoms with Crippen molar-refractivity contribution in [3.05, 3.63) is 0 Å². The highest BCUT2D eigenvalue weighted by molar-refractivity contribution is 7.89. The molecule has 0 aliphatic heterocycles. The number of rotatable bonds is 8. The van der Waals surface area contributed by atoms with E-state index in [2.05, 4.69) is 25.7 Å². The normalized spacial score (nSPS) is 11.4. The molecule has 6 N–H and O–H groups in total. The lowest BCUT2D eigenvalue weighted by atomic mass is 10.5. The van der Waals surface area contributed by atoms with Crippen molar-refractivity contribution in [3.63, 3.8) is 0 Å². The van der Waals surface area contributed by atoms with E-state index in [1.165, 1.54) is 0 Å². The van der Waals surface area contributed by atoms with Gasteiger partial charge in [0.05, 0.1) is 11.9 Å². The summed E-state index contributed by atoms with van der Waals surface area (Å²) in [4.78, 5) is 11.9. The zero-order chi connectivity index (χ0) is 15.2. The third-order valence-corrected chi connectivity index (χ3v) is 2.83. The van der Waals surface area contributed by atoms with E-state index in [0.717, 1.165) is 0 Å². The molecule has 0 saturated heterocycles. The standard InChI is InChI=1S/C9H19N7O3S/c1-6(2)19-9-14-7(13-8(15-9)16-10)12-4-3-5-20(11,17)18/h6H,3-5,10H2,1-2H3,(H2,11,17,18)(H2,12,13,14,15,16). The van der Waals surface area contributed by atoms with Crippen LogP contribution in [-0.2, 0) is 10.0 Å². The summed E-state index contributed by atoms with van der Waals surface area (Å²) in [7, 11) is -3.47. The van der Waals surface area contributed by atoms with E-state index in [1.807, 2.05) is 13.8 Å². The van der Waals surface area contributed by atoms with Gasteiger partial charge in [-0.2, -0.15) is 15.0 Å². The van der Waals surface area contributed by atoms with Gasteiger partial charge in [-0.05, 0) is 20.3 Å². The van der Waals surface area contributed by atoms with Crippen molar-refractivity contribution in [2.45, 2.75) is 26.4 Å². The number of hydrazine groups is 1. The molecule has 0 fully saturated rings. The molecule has 114 valence electrons. The summed E-state index contributed by atoms with van der Waals surface area (Å²) in [5, 5.41) is 7.74. The molecule has 0 unspecified atom stereocenters. The van der Waals surface area contributed by atoms with Gasteiger partial charge in [-0.25, -0.2) is 19.4 Å².